The fourth-order valence-electron chi connectivity index (χ4n) is 2.90. The van der Waals surface area contributed by atoms with Crippen molar-refractivity contribution in [2.45, 2.75) is 26.8 Å². The zero-order chi connectivity index (χ0) is 18.8. The molecule has 0 bridgehead atoms. The van der Waals surface area contributed by atoms with E-state index in [2.05, 4.69) is 31.0 Å². The topological polar surface area (TPSA) is 46.1 Å². The number of carbonyl (C=O) groups excluding carboxylic acids is 1. The molecule has 3 heterocycles. The number of rotatable bonds is 5. The van der Waals surface area contributed by atoms with Gasteiger partial charge in [-0.15, -0.1) is 11.3 Å². The van der Waals surface area contributed by atoms with E-state index in [1.165, 1.54) is 11.1 Å². The second-order valence-electron chi connectivity index (χ2n) is 6.41. The van der Waals surface area contributed by atoms with E-state index in [-0.39, 0.29) is 5.91 Å². The SMILES string of the molecule is Cc1ccc2sc(N(Cc3ccccn3)C(=O)Cc3cccs3)nc2c1C. The van der Waals surface area contributed by atoms with Crippen LogP contribution in [0.2, 0.25) is 0 Å². The Morgan fingerprint density at radius 1 is 1.11 bits per heavy atom. The fourth-order valence-corrected chi connectivity index (χ4v) is 4.64. The van der Waals surface area contributed by atoms with Gasteiger partial charge in [-0.3, -0.25) is 14.7 Å². The molecular weight excluding hydrogens is 374 g/mol. The van der Waals surface area contributed by atoms with Crippen molar-refractivity contribution in [2.24, 2.45) is 0 Å². The Morgan fingerprint density at radius 2 is 2.00 bits per heavy atom. The first-order valence-corrected chi connectivity index (χ1v) is 10.4. The van der Waals surface area contributed by atoms with Gasteiger partial charge in [0.2, 0.25) is 5.91 Å². The average Bonchev–Trinajstić information content (AvgIpc) is 3.33. The lowest BCUT2D eigenvalue weighted by Crippen LogP contribution is -2.31. The van der Waals surface area contributed by atoms with E-state index in [1.54, 1.807) is 33.8 Å². The highest BCUT2D eigenvalue weighted by molar-refractivity contribution is 7.22. The summed E-state index contributed by atoms with van der Waals surface area (Å²) in [7, 11) is 0. The van der Waals surface area contributed by atoms with Crippen LogP contribution in [0.1, 0.15) is 21.7 Å². The van der Waals surface area contributed by atoms with Gasteiger partial charge < -0.3 is 0 Å². The van der Waals surface area contributed by atoms with Crippen LogP contribution in [0, 0.1) is 13.8 Å². The molecule has 0 spiro atoms. The first kappa shape index (κ1) is 17.8. The number of pyridine rings is 1. The number of aromatic nitrogens is 2. The van der Waals surface area contributed by atoms with E-state index in [9.17, 15) is 4.79 Å². The Bertz CT molecular complexity index is 1070. The van der Waals surface area contributed by atoms with Crippen molar-refractivity contribution in [2.75, 3.05) is 4.90 Å². The van der Waals surface area contributed by atoms with Gasteiger partial charge in [-0.05, 0) is 54.6 Å². The lowest BCUT2D eigenvalue weighted by molar-refractivity contribution is -0.118. The molecule has 0 N–H and O–H groups in total. The molecule has 0 aliphatic heterocycles. The third-order valence-electron chi connectivity index (χ3n) is 4.56. The van der Waals surface area contributed by atoms with Crippen molar-refractivity contribution in [3.8, 4) is 0 Å². The van der Waals surface area contributed by atoms with Crippen LogP contribution in [-0.4, -0.2) is 15.9 Å². The van der Waals surface area contributed by atoms with E-state index in [0.717, 1.165) is 25.9 Å². The molecule has 27 heavy (non-hydrogen) atoms. The number of amides is 1. The van der Waals surface area contributed by atoms with E-state index in [4.69, 9.17) is 4.98 Å². The highest BCUT2D eigenvalue weighted by Gasteiger charge is 2.22. The number of benzene rings is 1. The second kappa shape index (κ2) is 7.58. The van der Waals surface area contributed by atoms with E-state index in [1.807, 2.05) is 35.7 Å². The van der Waals surface area contributed by atoms with Gasteiger partial charge in [0, 0.05) is 11.1 Å². The highest BCUT2D eigenvalue weighted by atomic mass is 32.1. The molecule has 0 aliphatic carbocycles. The monoisotopic (exact) mass is 393 g/mol. The minimum absolute atomic E-state index is 0.0385. The van der Waals surface area contributed by atoms with Crippen molar-refractivity contribution in [1.29, 1.82) is 0 Å². The van der Waals surface area contributed by atoms with Gasteiger partial charge in [0.1, 0.15) is 0 Å². The number of hydrogen-bond acceptors (Lipinski definition) is 5. The second-order valence-corrected chi connectivity index (χ2v) is 8.45. The summed E-state index contributed by atoms with van der Waals surface area (Å²) >= 11 is 3.16. The Labute approximate surface area is 166 Å². The first-order chi connectivity index (χ1) is 13.1. The molecule has 4 rings (SSSR count). The Morgan fingerprint density at radius 3 is 2.74 bits per heavy atom. The fraction of sp³-hybridized carbons (Fsp3) is 0.190. The summed E-state index contributed by atoms with van der Waals surface area (Å²) in [4.78, 5) is 25.1. The van der Waals surface area contributed by atoms with Crippen LogP contribution >= 0.6 is 22.7 Å². The summed E-state index contributed by atoms with van der Waals surface area (Å²) in [6.07, 6.45) is 2.13. The lowest BCUT2D eigenvalue weighted by Gasteiger charge is -2.19. The summed E-state index contributed by atoms with van der Waals surface area (Å²) in [5.41, 5.74) is 4.20. The molecule has 0 radical (unpaired) electrons. The normalized spacial score (nSPS) is 11.0. The van der Waals surface area contributed by atoms with Gasteiger partial charge in [-0.1, -0.05) is 29.5 Å². The Hall–Kier alpha value is -2.57. The number of nitrogens with zero attached hydrogens (tertiary/aromatic N) is 3. The molecule has 0 saturated carbocycles. The van der Waals surface area contributed by atoms with Crippen molar-refractivity contribution in [3.63, 3.8) is 0 Å². The van der Waals surface area contributed by atoms with Crippen LogP contribution < -0.4 is 4.90 Å². The van der Waals surface area contributed by atoms with Crippen molar-refractivity contribution >= 4 is 43.9 Å². The largest absolute Gasteiger partial charge is 0.282 e. The summed E-state index contributed by atoms with van der Waals surface area (Å²) in [5.74, 6) is 0.0385. The van der Waals surface area contributed by atoms with Crippen LogP contribution in [0.3, 0.4) is 0 Å². The molecule has 6 heteroatoms. The number of thiophene rings is 1. The molecule has 0 aliphatic rings. The molecule has 0 atom stereocenters. The van der Waals surface area contributed by atoms with Crippen molar-refractivity contribution in [1.82, 2.24) is 9.97 Å². The molecule has 0 unspecified atom stereocenters. The minimum Gasteiger partial charge on any atom is -0.282 e. The van der Waals surface area contributed by atoms with Crippen molar-refractivity contribution in [3.05, 3.63) is 75.7 Å². The number of anilines is 1. The predicted octanol–water partition coefficient (Wildman–Crippen LogP) is 5.15. The Balaban J connectivity index is 1.72. The average molecular weight is 394 g/mol. The number of fused-ring (bicyclic) bond motifs is 1. The first-order valence-electron chi connectivity index (χ1n) is 8.71. The molecule has 136 valence electrons. The molecule has 1 aromatic carbocycles. The number of carbonyl (C=O) groups is 1. The van der Waals surface area contributed by atoms with Crippen LogP contribution in [-0.2, 0) is 17.8 Å². The van der Waals surface area contributed by atoms with Crippen LogP contribution in [0.25, 0.3) is 10.2 Å². The van der Waals surface area contributed by atoms with Crippen LogP contribution in [0.5, 0.6) is 0 Å². The lowest BCUT2D eigenvalue weighted by atomic mass is 10.1. The standard InChI is InChI=1S/C21H19N3OS2/c1-14-8-9-18-20(15(14)2)23-21(27-18)24(13-16-6-3-4-10-22-16)19(25)12-17-7-5-11-26-17/h3-11H,12-13H2,1-2H3. The third kappa shape index (κ3) is 3.77. The number of hydrogen-bond donors (Lipinski definition) is 0. The zero-order valence-corrected chi connectivity index (χ0v) is 16.8. The van der Waals surface area contributed by atoms with Gasteiger partial charge in [0.15, 0.2) is 5.13 Å². The maximum absolute atomic E-state index is 13.1. The van der Waals surface area contributed by atoms with Gasteiger partial charge in [-0.25, -0.2) is 4.98 Å². The smallest absolute Gasteiger partial charge is 0.234 e. The molecular formula is C21H19N3OS2. The maximum atomic E-state index is 13.1. The van der Waals surface area contributed by atoms with Crippen molar-refractivity contribution < 1.29 is 4.79 Å². The molecule has 3 aromatic heterocycles. The molecule has 0 saturated heterocycles. The van der Waals surface area contributed by atoms with Gasteiger partial charge in [-0.2, -0.15) is 0 Å². The highest BCUT2D eigenvalue weighted by Crippen LogP contribution is 2.33. The summed E-state index contributed by atoms with van der Waals surface area (Å²) in [6.45, 7) is 4.59. The third-order valence-corrected chi connectivity index (χ3v) is 6.48. The zero-order valence-electron chi connectivity index (χ0n) is 15.2. The van der Waals surface area contributed by atoms with Gasteiger partial charge in [0.25, 0.3) is 0 Å². The Kier molecular flexibility index (Phi) is 5.01. The molecule has 4 aromatic rings. The van der Waals surface area contributed by atoms with Crippen LogP contribution in [0.15, 0.2) is 54.0 Å². The molecule has 4 nitrogen and oxygen atoms in total. The van der Waals surface area contributed by atoms with Gasteiger partial charge in [0.05, 0.1) is 28.9 Å². The van der Waals surface area contributed by atoms with Crippen LogP contribution in [0.4, 0.5) is 5.13 Å². The predicted molar refractivity (Wildman–Crippen MR) is 113 cm³/mol. The molecule has 0 fully saturated rings. The minimum atomic E-state index is 0.0385. The van der Waals surface area contributed by atoms with E-state index in [0.29, 0.717) is 13.0 Å². The molecule has 1 amide bonds. The van der Waals surface area contributed by atoms with Gasteiger partial charge >= 0.3 is 0 Å². The van der Waals surface area contributed by atoms with E-state index >= 15 is 0 Å². The summed E-state index contributed by atoms with van der Waals surface area (Å²) in [6, 6.07) is 13.9. The number of thiazole rings is 1. The summed E-state index contributed by atoms with van der Waals surface area (Å²) < 4.78 is 1.10. The maximum Gasteiger partial charge on any atom is 0.234 e. The quantitative estimate of drug-likeness (QED) is 0.471. The number of aryl methyl sites for hydroxylation is 2. The van der Waals surface area contributed by atoms with E-state index < -0.39 is 0 Å². The summed E-state index contributed by atoms with van der Waals surface area (Å²) in [5, 5.41) is 2.72.